The molecule has 1 aliphatic heterocycles. The Kier molecular flexibility index (Phi) is 7.81. The number of ether oxygens (including phenoxy) is 2. The van der Waals surface area contributed by atoms with Crippen LogP contribution in [-0.2, 0) is 11.2 Å². The topological polar surface area (TPSA) is 51.7 Å². The van der Waals surface area contributed by atoms with Crippen molar-refractivity contribution in [1.82, 2.24) is 4.98 Å². The lowest BCUT2D eigenvalue weighted by Gasteiger charge is -2.28. The average molecular weight is 499 g/mol. The first-order valence-electron chi connectivity index (χ1n) is 12.4. The van der Waals surface area contributed by atoms with Gasteiger partial charge in [-0.1, -0.05) is 31.6 Å². The fourth-order valence-corrected chi connectivity index (χ4v) is 4.92. The number of carbonyl (C=O) groups excluding carboxylic acids is 1. The molecule has 0 saturated heterocycles. The summed E-state index contributed by atoms with van der Waals surface area (Å²) in [5.74, 6) is 4.30. The second kappa shape index (κ2) is 11.0. The van der Waals surface area contributed by atoms with Gasteiger partial charge in [-0.25, -0.2) is 4.79 Å². The predicted octanol–water partition coefficient (Wildman–Crippen LogP) is 6.36. The molecule has 0 bridgehead atoms. The van der Waals surface area contributed by atoms with Gasteiger partial charge in [-0.05, 0) is 72.7 Å². The molecular weight excluding hydrogens is 464 g/mol. The summed E-state index contributed by atoms with van der Waals surface area (Å²) in [7, 11) is 2.09. The summed E-state index contributed by atoms with van der Waals surface area (Å²) in [6, 6.07) is 16.6. The summed E-state index contributed by atoms with van der Waals surface area (Å²) in [6.45, 7) is 7.45. The third kappa shape index (κ3) is 6.16. The normalized spacial score (nSPS) is 14.6. The highest BCUT2D eigenvalue weighted by Crippen LogP contribution is 2.39. The van der Waals surface area contributed by atoms with Crippen molar-refractivity contribution in [2.45, 2.75) is 44.8 Å². The molecule has 3 aromatic rings. The first-order chi connectivity index (χ1) is 17.2. The summed E-state index contributed by atoms with van der Waals surface area (Å²) in [4.78, 5) is 18.5. The third-order valence-electron chi connectivity index (χ3n) is 6.46. The molecule has 0 N–H and O–H groups in total. The maximum absolute atomic E-state index is 12.1. The number of nitrogens with zero attached hydrogens (tertiary/aromatic N) is 2. The summed E-state index contributed by atoms with van der Waals surface area (Å²) in [5, 5.41) is 0. The smallest absolute Gasteiger partial charge is 0.338 e. The van der Waals surface area contributed by atoms with Crippen molar-refractivity contribution in [2.75, 3.05) is 25.7 Å². The van der Waals surface area contributed by atoms with Crippen LogP contribution in [0.1, 0.15) is 45.8 Å². The lowest BCUT2D eigenvalue weighted by atomic mass is 9.87. The van der Waals surface area contributed by atoms with Crippen molar-refractivity contribution in [2.24, 2.45) is 0 Å². The molecule has 1 aliphatic rings. The fraction of sp³-hybridized carbons (Fsp3) is 0.333. The molecule has 0 radical (unpaired) electrons. The molecule has 1 aromatic heterocycles. The highest BCUT2D eigenvalue weighted by Gasteiger charge is 2.23. The van der Waals surface area contributed by atoms with Gasteiger partial charge in [0, 0.05) is 42.4 Å². The number of pyridine rings is 1. The second-order valence-electron chi connectivity index (χ2n) is 10.2. The summed E-state index contributed by atoms with van der Waals surface area (Å²) in [6.07, 6.45) is 6.03. The minimum Gasteiger partial charge on any atom is -0.493 e. The molecule has 36 heavy (non-hydrogen) atoms. The van der Waals surface area contributed by atoms with Crippen LogP contribution in [0, 0.1) is 11.5 Å². The van der Waals surface area contributed by atoms with E-state index in [0.717, 1.165) is 47.5 Å². The lowest BCUT2D eigenvalue weighted by Crippen LogP contribution is -2.17. The summed E-state index contributed by atoms with van der Waals surface area (Å²) >= 11 is 0. The minimum absolute atomic E-state index is 0.316. The number of rotatable bonds is 6. The van der Waals surface area contributed by atoms with Crippen LogP contribution in [-0.4, -0.2) is 39.8 Å². The van der Waals surface area contributed by atoms with Crippen LogP contribution in [0.15, 0.2) is 60.9 Å². The number of methoxy groups -OCH3 is 1. The van der Waals surface area contributed by atoms with E-state index in [1.807, 2.05) is 0 Å². The van der Waals surface area contributed by atoms with E-state index in [2.05, 4.69) is 90.5 Å². The lowest BCUT2D eigenvalue weighted by molar-refractivity contribution is 0.0599. The van der Waals surface area contributed by atoms with Crippen LogP contribution >= 0.6 is 0 Å². The fourth-order valence-electron chi connectivity index (χ4n) is 4.40. The number of anilines is 2. The van der Waals surface area contributed by atoms with Crippen molar-refractivity contribution < 1.29 is 14.3 Å². The van der Waals surface area contributed by atoms with Crippen LogP contribution in [0.5, 0.6) is 5.75 Å². The van der Waals surface area contributed by atoms with E-state index in [-0.39, 0.29) is 5.97 Å². The van der Waals surface area contributed by atoms with E-state index in [4.69, 9.17) is 9.47 Å². The number of aryl methyl sites for hydroxylation is 1. The van der Waals surface area contributed by atoms with E-state index in [0.29, 0.717) is 18.1 Å². The number of hydrogen-bond donors (Lipinski definition) is 0. The minimum atomic E-state index is -1.39. The Bertz CT molecular complexity index is 1290. The SMILES string of the molecule is COC(=O)c1ccncc1CC[C@@H]1CCOc2cc(N(C)c3ccc(C#C[Si](C)(C)C)cc3)ccc21. The van der Waals surface area contributed by atoms with Crippen LogP contribution in [0.4, 0.5) is 11.4 Å². The van der Waals surface area contributed by atoms with Gasteiger partial charge in [-0.15, -0.1) is 5.54 Å². The Labute approximate surface area is 215 Å². The molecule has 1 atom stereocenters. The zero-order chi connectivity index (χ0) is 25.7. The molecule has 2 aromatic carbocycles. The zero-order valence-electron chi connectivity index (χ0n) is 21.8. The van der Waals surface area contributed by atoms with Crippen LogP contribution < -0.4 is 9.64 Å². The van der Waals surface area contributed by atoms with Crippen molar-refractivity contribution in [3.05, 3.63) is 83.2 Å². The second-order valence-corrected chi connectivity index (χ2v) is 15.0. The molecule has 0 saturated carbocycles. The van der Waals surface area contributed by atoms with Gasteiger partial charge in [0.25, 0.3) is 0 Å². The zero-order valence-corrected chi connectivity index (χ0v) is 22.8. The van der Waals surface area contributed by atoms with Crippen LogP contribution in [0.3, 0.4) is 0 Å². The molecule has 0 amide bonds. The summed E-state index contributed by atoms with van der Waals surface area (Å²) in [5.41, 5.74) is 9.39. The molecule has 0 aliphatic carbocycles. The van der Waals surface area contributed by atoms with Gasteiger partial charge in [0.1, 0.15) is 13.8 Å². The van der Waals surface area contributed by atoms with Crippen molar-refractivity contribution in [3.8, 4) is 17.2 Å². The Morgan fingerprint density at radius 1 is 1.14 bits per heavy atom. The number of benzene rings is 2. The molecule has 0 fully saturated rings. The molecule has 6 heteroatoms. The summed E-state index contributed by atoms with van der Waals surface area (Å²) < 4.78 is 11.0. The van der Waals surface area contributed by atoms with Crippen molar-refractivity contribution in [3.63, 3.8) is 0 Å². The first kappa shape index (κ1) is 25.5. The molecular formula is C30H34N2O3Si. The average Bonchev–Trinajstić information content (AvgIpc) is 2.89. The standard InChI is InChI=1S/C30H34N2O3Si/c1-32(25-10-6-22(7-11-25)16-19-36(3,4)5)26-12-13-27-23(15-18-35-29(27)20-26)8-9-24-21-31-17-14-28(24)30(33)34-2/h6-7,10-14,17,20-21,23H,8-9,15,18H2,1-5H3/t23-/m1/s1. The molecule has 2 heterocycles. The van der Waals surface area contributed by atoms with Gasteiger partial charge in [-0.2, -0.15) is 0 Å². The van der Waals surface area contributed by atoms with Gasteiger partial charge in [0.15, 0.2) is 0 Å². The Morgan fingerprint density at radius 2 is 1.89 bits per heavy atom. The maximum atomic E-state index is 12.1. The van der Waals surface area contributed by atoms with Crippen LogP contribution in [0.2, 0.25) is 19.6 Å². The van der Waals surface area contributed by atoms with Gasteiger partial charge >= 0.3 is 5.97 Å². The largest absolute Gasteiger partial charge is 0.493 e. The first-order valence-corrected chi connectivity index (χ1v) is 15.9. The molecule has 4 rings (SSSR count). The van der Waals surface area contributed by atoms with E-state index in [1.165, 1.54) is 12.7 Å². The monoisotopic (exact) mass is 498 g/mol. The predicted molar refractivity (Wildman–Crippen MR) is 148 cm³/mol. The number of aromatic nitrogens is 1. The van der Waals surface area contributed by atoms with Gasteiger partial charge < -0.3 is 14.4 Å². The molecule has 5 nitrogen and oxygen atoms in total. The molecule has 0 unspecified atom stereocenters. The van der Waals surface area contributed by atoms with Crippen molar-refractivity contribution >= 4 is 25.4 Å². The van der Waals surface area contributed by atoms with Gasteiger partial charge in [0.05, 0.1) is 19.3 Å². The van der Waals surface area contributed by atoms with E-state index in [1.54, 1.807) is 18.5 Å². The van der Waals surface area contributed by atoms with Crippen LogP contribution in [0.25, 0.3) is 0 Å². The molecule has 0 spiro atoms. The van der Waals surface area contributed by atoms with E-state index >= 15 is 0 Å². The number of fused-ring (bicyclic) bond motifs is 1. The highest BCUT2D eigenvalue weighted by atomic mass is 28.3. The maximum Gasteiger partial charge on any atom is 0.338 e. The Balaban J connectivity index is 1.48. The Hall–Kier alpha value is -3.56. The highest BCUT2D eigenvalue weighted by molar-refractivity contribution is 6.83. The van der Waals surface area contributed by atoms with Gasteiger partial charge in [0.2, 0.25) is 0 Å². The molecule has 186 valence electrons. The van der Waals surface area contributed by atoms with E-state index in [9.17, 15) is 4.79 Å². The Morgan fingerprint density at radius 3 is 2.61 bits per heavy atom. The van der Waals surface area contributed by atoms with Gasteiger partial charge in [-0.3, -0.25) is 4.98 Å². The number of esters is 1. The quantitative estimate of drug-likeness (QED) is 0.225. The van der Waals surface area contributed by atoms with Crippen molar-refractivity contribution in [1.29, 1.82) is 0 Å². The third-order valence-corrected chi connectivity index (χ3v) is 7.33. The van der Waals surface area contributed by atoms with E-state index < -0.39 is 8.07 Å². The number of carbonyl (C=O) groups is 1. The number of hydrogen-bond acceptors (Lipinski definition) is 5.